The molecule has 51 heavy (non-hydrogen) atoms. The zero-order valence-corrected chi connectivity index (χ0v) is 30.5. The summed E-state index contributed by atoms with van der Waals surface area (Å²) in [7, 11) is 0. The molecule has 0 bridgehead atoms. The Kier molecular flexibility index (Phi) is 9.09. The van der Waals surface area contributed by atoms with Gasteiger partial charge in [-0.2, -0.15) is 0 Å². The Balaban J connectivity index is 0.00000374. The molecule has 1 aliphatic heterocycles. The molecule has 3 heterocycles. The second kappa shape index (κ2) is 14.1. The van der Waals surface area contributed by atoms with Crippen molar-refractivity contribution in [3.05, 3.63) is 217 Å². The largest absolute Gasteiger partial charge is 2.00 e. The van der Waals surface area contributed by atoms with Gasteiger partial charge in [0, 0.05) is 9.79 Å². The topological polar surface area (TPSA) is 25.8 Å². The SMILES string of the molecule is [Pt+2].[c-]1ccccc1-c1cccc(C2(c3cccc(-c4[c-]cccc4)n3)c3cc(-c4ccccc4)ccc3Sc3ccc(-c4ccccc4)cc32)n1. The van der Waals surface area contributed by atoms with E-state index in [9.17, 15) is 0 Å². The van der Waals surface area contributed by atoms with Crippen molar-refractivity contribution < 1.29 is 21.1 Å². The fourth-order valence-corrected chi connectivity index (χ4v) is 8.24. The number of hydrogen-bond acceptors (Lipinski definition) is 3. The van der Waals surface area contributed by atoms with Crippen LogP contribution in [0.2, 0.25) is 0 Å². The zero-order valence-electron chi connectivity index (χ0n) is 27.4. The molecule has 4 heteroatoms. The van der Waals surface area contributed by atoms with E-state index in [1.54, 1.807) is 0 Å². The van der Waals surface area contributed by atoms with Crippen LogP contribution in [0.4, 0.5) is 0 Å². The first-order valence-corrected chi connectivity index (χ1v) is 17.6. The Morgan fingerprint density at radius 1 is 0.412 bits per heavy atom. The van der Waals surface area contributed by atoms with Crippen molar-refractivity contribution in [2.45, 2.75) is 15.2 Å². The molecule has 0 radical (unpaired) electrons. The molecule has 0 N–H and O–H groups in total. The van der Waals surface area contributed by atoms with Gasteiger partial charge in [-0.1, -0.05) is 109 Å². The summed E-state index contributed by atoms with van der Waals surface area (Å²) in [5.41, 5.74) is 11.5. The Morgan fingerprint density at radius 3 is 1.29 bits per heavy atom. The fraction of sp³-hybridized carbons (Fsp3) is 0.0213. The van der Waals surface area contributed by atoms with Crippen LogP contribution in [0.1, 0.15) is 22.5 Å². The van der Waals surface area contributed by atoms with E-state index in [4.69, 9.17) is 9.97 Å². The Bertz CT molecular complexity index is 2280. The molecular weight excluding hydrogens is 820 g/mol. The van der Waals surface area contributed by atoms with E-state index in [2.05, 4.69) is 158 Å². The van der Waals surface area contributed by atoms with Gasteiger partial charge in [0.1, 0.15) is 5.41 Å². The van der Waals surface area contributed by atoms with Gasteiger partial charge in [0.2, 0.25) is 0 Å². The number of fused-ring (bicyclic) bond motifs is 2. The van der Waals surface area contributed by atoms with Gasteiger partial charge in [-0.3, -0.25) is 9.97 Å². The second-order valence-electron chi connectivity index (χ2n) is 12.4. The van der Waals surface area contributed by atoms with E-state index in [-0.39, 0.29) is 21.1 Å². The average Bonchev–Trinajstić information content (AvgIpc) is 3.21. The number of benzene rings is 6. The Morgan fingerprint density at radius 2 is 0.863 bits per heavy atom. The van der Waals surface area contributed by atoms with Crippen molar-refractivity contribution in [3.8, 4) is 44.8 Å². The van der Waals surface area contributed by atoms with Gasteiger partial charge < -0.3 is 0 Å². The second-order valence-corrected chi connectivity index (χ2v) is 13.5. The van der Waals surface area contributed by atoms with Crippen LogP contribution in [-0.2, 0) is 26.5 Å². The minimum Gasteiger partial charge on any atom is -0.300 e. The van der Waals surface area contributed by atoms with Crippen molar-refractivity contribution in [1.29, 1.82) is 0 Å². The van der Waals surface area contributed by atoms with E-state index in [1.165, 1.54) is 20.9 Å². The molecule has 1 aliphatic rings. The molecule has 9 rings (SSSR count). The molecule has 6 aromatic carbocycles. The van der Waals surface area contributed by atoms with E-state index < -0.39 is 5.41 Å². The summed E-state index contributed by atoms with van der Waals surface area (Å²) in [6.45, 7) is 0. The monoisotopic (exact) mass is 849 g/mol. The Labute approximate surface area is 317 Å². The third kappa shape index (κ3) is 5.97. The number of pyridine rings is 2. The summed E-state index contributed by atoms with van der Waals surface area (Å²) in [5, 5.41) is 0. The van der Waals surface area contributed by atoms with Gasteiger partial charge in [0.05, 0.1) is 11.4 Å². The predicted octanol–water partition coefficient (Wildman–Crippen LogP) is 11.6. The third-order valence-corrected chi connectivity index (χ3v) is 10.6. The number of nitrogens with zero attached hydrogens (tertiary/aromatic N) is 2. The number of hydrogen-bond donors (Lipinski definition) is 0. The molecule has 0 atom stereocenters. The molecular formula is C47H30N2PtS. The van der Waals surface area contributed by atoms with Crippen LogP contribution in [-0.4, -0.2) is 9.97 Å². The maximum atomic E-state index is 5.53. The van der Waals surface area contributed by atoms with E-state index in [0.717, 1.165) is 56.2 Å². The van der Waals surface area contributed by atoms with Crippen molar-refractivity contribution in [3.63, 3.8) is 0 Å². The molecule has 0 aliphatic carbocycles. The number of rotatable bonds is 6. The van der Waals surface area contributed by atoms with Crippen LogP contribution in [0, 0.1) is 12.1 Å². The molecule has 2 nitrogen and oxygen atoms in total. The fourth-order valence-electron chi connectivity index (χ4n) is 7.08. The maximum Gasteiger partial charge on any atom is 2.00 e. The third-order valence-electron chi connectivity index (χ3n) is 9.44. The molecule has 0 saturated heterocycles. The molecule has 0 amide bonds. The van der Waals surface area contributed by atoms with Crippen LogP contribution in [0.25, 0.3) is 44.8 Å². The predicted molar refractivity (Wildman–Crippen MR) is 204 cm³/mol. The van der Waals surface area contributed by atoms with Gasteiger partial charge in [-0.15, -0.1) is 71.8 Å². The molecule has 0 spiro atoms. The molecule has 2 aromatic heterocycles. The summed E-state index contributed by atoms with van der Waals surface area (Å²) >= 11 is 1.82. The molecule has 8 aromatic rings. The smallest absolute Gasteiger partial charge is 0.300 e. The minimum atomic E-state index is -0.860. The summed E-state index contributed by atoms with van der Waals surface area (Å²) in [6.07, 6.45) is 0. The standard InChI is InChI=1S/C47H30N2S.Pt/c1-5-15-33(16-6-1)37-27-29-43-39(31-37)47(45-25-13-23-41(48-45)35-19-9-3-10-20-35,46-26-14-24-42(49-46)36-21-11-4-12-22-36)40-32-38(28-30-44(40)50-43)34-17-7-2-8-18-34;/h1-19,21,23-32H;/q-2;+2. The van der Waals surface area contributed by atoms with Crippen molar-refractivity contribution in [2.24, 2.45) is 0 Å². The molecule has 0 fully saturated rings. The summed E-state index contributed by atoms with van der Waals surface area (Å²) in [4.78, 5) is 13.4. The quantitative estimate of drug-likeness (QED) is 0.156. The van der Waals surface area contributed by atoms with E-state index in [0.29, 0.717) is 0 Å². The van der Waals surface area contributed by atoms with Gasteiger partial charge in [0.25, 0.3) is 0 Å². The first-order valence-electron chi connectivity index (χ1n) is 16.7. The van der Waals surface area contributed by atoms with Gasteiger partial charge in [-0.25, -0.2) is 0 Å². The van der Waals surface area contributed by atoms with Crippen molar-refractivity contribution in [2.75, 3.05) is 0 Å². The van der Waals surface area contributed by atoms with E-state index >= 15 is 0 Å². The van der Waals surface area contributed by atoms with Crippen LogP contribution in [0.15, 0.2) is 192 Å². The van der Waals surface area contributed by atoms with Gasteiger partial charge in [0.15, 0.2) is 0 Å². The van der Waals surface area contributed by atoms with Gasteiger partial charge in [-0.05, 0) is 81.2 Å². The zero-order chi connectivity index (χ0) is 33.3. The van der Waals surface area contributed by atoms with Crippen molar-refractivity contribution in [1.82, 2.24) is 9.97 Å². The maximum absolute atomic E-state index is 5.53. The first kappa shape index (κ1) is 32.8. The normalized spacial score (nSPS) is 12.6. The van der Waals surface area contributed by atoms with Crippen LogP contribution in [0.5, 0.6) is 0 Å². The Hall–Kier alpha value is -5.34. The molecule has 244 valence electrons. The van der Waals surface area contributed by atoms with Crippen LogP contribution < -0.4 is 0 Å². The van der Waals surface area contributed by atoms with Crippen molar-refractivity contribution >= 4 is 11.8 Å². The minimum absolute atomic E-state index is 0. The average molecular weight is 850 g/mol. The van der Waals surface area contributed by atoms with Crippen LogP contribution >= 0.6 is 11.8 Å². The summed E-state index contributed by atoms with van der Waals surface area (Å²) in [6, 6.07) is 70.6. The van der Waals surface area contributed by atoms with Gasteiger partial charge >= 0.3 is 21.1 Å². The first-order chi connectivity index (χ1) is 24.8. The summed E-state index contributed by atoms with van der Waals surface area (Å²) < 4.78 is 0. The summed E-state index contributed by atoms with van der Waals surface area (Å²) in [5.74, 6) is 0. The van der Waals surface area contributed by atoms with E-state index in [1.807, 2.05) is 48.2 Å². The number of aromatic nitrogens is 2. The molecule has 0 unspecified atom stereocenters. The molecule has 0 saturated carbocycles. The van der Waals surface area contributed by atoms with Crippen LogP contribution in [0.3, 0.4) is 0 Å².